The van der Waals surface area contributed by atoms with E-state index in [4.69, 9.17) is 5.14 Å². The molecule has 0 aromatic heterocycles. The molecule has 2 rings (SSSR count). The summed E-state index contributed by atoms with van der Waals surface area (Å²) in [4.78, 5) is -0.109. The van der Waals surface area contributed by atoms with Crippen LogP contribution in [0.15, 0.2) is 58.3 Å². The highest BCUT2D eigenvalue weighted by molar-refractivity contribution is 7.89. The molecule has 0 spiro atoms. The molecule has 8 heteroatoms. The van der Waals surface area contributed by atoms with Crippen LogP contribution in [0.3, 0.4) is 0 Å². The SMILES string of the molecule is CCc1ccc(CN(C)S(=O)(=O)c2ccc(S(N)(=O)=O)cc2)cc1. The number of benzene rings is 2. The lowest BCUT2D eigenvalue weighted by molar-refractivity contribution is 0.466. The molecule has 0 heterocycles. The van der Waals surface area contributed by atoms with Crippen molar-refractivity contribution in [1.82, 2.24) is 4.31 Å². The van der Waals surface area contributed by atoms with Crippen LogP contribution >= 0.6 is 0 Å². The second-order valence-corrected chi connectivity index (χ2v) is 9.05. The maximum Gasteiger partial charge on any atom is 0.243 e. The summed E-state index contributed by atoms with van der Waals surface area (Å²) in [7, 11) is -6.08. The van der Waals surface area contributed by atoms with Crippen LogP contribution in [0, 0.1) is 0 Å². The highest BCUT2D eigenvalue weighted by atomic mass is 32.2. The summed E-state index contributed by atoms with van der Waals surface area (Å²) in [6.07, 6.45) is 0.921. The average molecular weight is 368 g/mol. The monoisotopic (exact) mass is 368 g/mol. The second-order valence-electron chi connectivity index (χ2n) is 5.45. The Kier molecular flexibility index (Phi) is 5.44. The van der Waals surface area contributed by atoms with Gasteiger partial charge in [0.1, 0.15) is 0 Å². The Labute approximate surface area is 143 Å². The van der Waals surface area contributed by atoms with E-state index in [2.05, 4.69) is 6.92 Å². The Morgan fingerprint density at radius 2 is 1.29 bits per heavy atom. The van der Waals surface area contributed by atoms with Crippen LogP contribution in [0.5, 0.6) is 0 Å². The first-order valence-corrected chi connectivity index (χ1v) is 10.3. The van der Waals surface area contributed by atoms with Crippen LogP contribution in [-0.2, 0) is 33.0 Å². The predicted octanol–water partition coefficient (Wildman–Crippen LogP) is 1.72. The quantitative estimate of drug-likeness (QED) is 0.839. The highest BCUT2D eigenvalue weighted by Crippen LogP contribution is 2.19. The maximum absolute atomic E-state index is 12.6. The van der Waals surface area contributed by atoms with Crippen LogP contribution in [0.1, 0.15) is 18.1 Å². The molecule has 0 unspecified atom stereocenters. The van der Waals surface area contributed by atoms with E-state index in [1.54, 1.807) is 0 Å². The number of primary sulfonamides is 1. The molecule has 6 nitrogen and oxygen atoms in total. The van der Waals surface area contributed by atoms with Crippen molar-refractivity contribution in [3.63, 3.8) is 0 Å². The minimum atomic E-state index is -3.85. The van der Waals surface area contributed by atoms with Gasteiger partial charge in [0.25, 0.3) is 0 Å². The molecule has 0 bridgehead atoms. The van der Waals surface area contributed by atoms with Crippen molar-refractivity contribution in [2.75, 3.05) is 7.05 Å². The molecule has 0 aliphatic rings. The molecular weight excluding hydrogens is 348 g/mol. The van der Waals surface area contributed by atoms with Gasteiger partial charge < -0.3 is 0 Å². The first-order chi connectivity index (χ1) is 11.1. The van der Waals surface area contributed by atoms with Gasteiger partial charge in [-0.1, -0.05) is 31.2 Å². The lowest BCUT2D eigenvalue weighted by Gasteiger charge is -2.17. The number of rotatable bonds is 6. The van der Waals surface area contributed by atoms with Crippen molar-refractivity contribution in [3.8, 4) is 0 Å². The van der Waals surface area contributed by atoms with E-state index in [1.165, 1.54) is 41.2 Å². The highest BCUT2D eigenvalue weighted by Gasteiger charge is 2.21. The predicted molar refractivity (Wildman–Crippen MR) is 92.3 cm³/mol. The normalized spacial score (nSPS) is 12.5. The Morgan fingerprint density at radius 1 is 0.833 bits per heavy atom. The Morgan fingerprint density at radius 3 is 1.75 bits per heavy atom. The van der Waals surface area contributed by atoms with Gasteiger partial charge in [-0.3, -0.25) is 0 Å². The van der Waals surface area contributed by atoms with Gasteiger partial charge in [0.15, 0.2) is 0 Å². The molecule has 0 fully saturated rings. The molecule has 2 N–H and O–H groups in total. The lowest BCUT2D eigenvalue weighted by atomic mass is 10.1. The standard InChI is InChI=1S/C16H20N2O4S2/c1-3-13-4-6-14(7-5-13)12-18(2)24(21,22)16-10-8-15(9-11-16)23(17,19)20/h4-11H,3,12H2,1-2H3,(H2,17,19,20). The molecule has 2 aromatic carbocycles. The van der Waals surface area contributed by atoms with Crippen molar-refractivity contribution < 1.29 is 16.8 Å². The van der Waals surface area contributed by atoms with E-state index in [1.807, 2.05) is 24.3 Å². The zero-order chi connectivity index (χ0) is 18.0. The second kappa shape index (κ2) is 7.02. The number of nitrogens with two attached hydrogens (primary N) is 1. The fourth-order valence-electron chi connectivity index (χ4n) is 2.20. The Hall–Kier alpha value is -1.74. The van der Waals surface area contributed by atoms with Gasteiger partial charge in [0.2, 0.25) is 20.0 Å². The van der Waals surface area contributed by atoms with Crippen molar-refractivity contribution in [1.29, 1.82) is 0 Å². The van der Waals surface area contributed by atoms with Crippen molar-refractivity contribution in [3.05, 3.63) is 59.7 Å². The van der Waals surface area contributed by atoms with Crippen LogP contribution in [0.2, 0.25) is 0 Å². The minimum Gasteiger partial charge on any atom is -0.225 e. The van der Waals surface area contributed by atoms with Crippen LogP contribution in [-0.4, -0.2) is 28.2 Å². The molecular formula is C16H20N2O4S2. The fraction of sp³-hybridized carbons (Fsp3) is 0.250. The van der Waals surface area contributed by atoms with E-state index in [-0.39, 0.29) is 16.3 Å². The molecule has 0 saturated heterocycles. The van der Waals surface area contributed by atoms with Gasteiger partial charge in [0, 0.05) is 13.6 Å². The first-order valence-electron chi connectivity index (χ1n) is 7.31. The van der Waals surface area contributed by atoms with Gasteiger partial charge in [-0.25, -0.2) is 22.0 Å². The van der Waals surface area contributed by atoms with E-state index < -0.39 is 20.0 Å². The number of aryl methyl sites for hydroxylation is 1. The topological polar surface area (TPSA) is 97.5 Å². The summed E-state index contributed by atoms with van der Waals surface area (Å²) in [5, 5.41) is 5.01. The largest absolute Gasteiger partial charge is 0.243 e. The van der Waals surface area contributed by atoms with Gasteiger partial charge in [-0.2, -0.15) is 4.31 Å². The van der Waals surface area contributed by atoms with E-state index in [0.717, 1.165) is 12.0 Å². The molecule has 0 aliphatic carbocycles. The molecule has 0 amide bonds. The van der Waals surface area contributed by atoms with E-state index >= 15 is 0 Å². The molecule has 130 valence electrons. The summed E-state index contributed by atoms with van der Waals surface area (Å²) in [5.74, 6) is 0. The van der Waals surface area contributed by atoms with Crippen molar-refractivity contribution in [2.45, 2.75) is 29.7 Å². The van der Waals surface area contributed by atoms with Crippen LogP contribution in [0.4, 0.5) is 0 Å². The summed E-state index contributed by atoms with van der Waals surface area (Å²) in [5.41, 5.74) is 2.06. The van der Waals surface area contributed by atoms with Crippen LogP contribution < -0.4 is 5.14 Å². The number of sulfonamides is 2. The van der Waals surface area contributed by atoms with Gasteiger partial charge in [-0.15, -0.1) is 0 Å². The third-order valence-corrected chi connectivity index (χ3v) is 6.44. The Bertz CT molecular complexity index is 904. The maximum atomic E-state index is 12.6. The minimum absolute atomic E-state index is 0.0163. The first kappa shape index (κ1) is 18.6. The Balaban J connectivity index is 2.22. The molecule has 0 saturated carbocycles. The fourth-order valence-corrected chi connectivity index (χ4v) is 3.88. The summed E-state index contributed by atoms with van der Waals surface area (Å²) < 4.78 is 48.8. The summed E-state index contributed by atoms with van der Waals surface area (Å²) in [6, 6.07) is 12.6. The zero-order valence-electron chi connectivity index (χ0n) is 13.5. The average Bonchev–Trinajstić information content (AvgIpc) is 2.54. The number of hydrogen-bond acceptors (Lipinski definition) is 4. The number of nitrogens with zero attached hydrogens (tertiary/aromatic N) is 1. The molecule has 2 aromatic rings. The lowest BCUT2D eigenvalue weighted by Crippen LogP contribution is -2.26. The van der Waals surface area contributed by atoms with Gasteiger partial charge in [-0.05, 0) is 41.8 Å². The van der Waals surface area contributed by atoms with Gasteiger partial charge in [0.05, 0.1) is 9.79 Å². The molecule has 0 atom stereocenters. The molecule has 0 radical (unpaired) electrons. The summed E-state index contributed by atoms with van der Waals surface area (Å²) >= 11 is 0. The van der Waals surface area contributed by atoms with Gasteiger partial charge >= 0.3 is 0 Å². The van der Waals surface area contributed by atoms with Crippen LogP contribution in [0.25, 0.3) is 0 Å². The smallest absolute Gasteiger partial charge is 0.225 e. The zero-order valence-corrected chi connectivity index (χ0v) is 15.1. The van der Waals surface area contributed by atoms with E-state index in [9.17, 15) is 16.8 Å². The third-order valence-electron chi connectivity index (χ3n) is 3.70. The van der Waals surface area contributed by atoms with Crippen molar-refractivity contribution in [2.24, 2.45) is 5.14 Å². The third kappa shape index (κ3) is 4.21. The summed E-state index contributed by atoms with van der Waals surface area (Å²) in [6.45, 7) is 2.28. The number of hydrogen-bond donors (Lipinski definition) is 1. The van der Waals surface area contributed by atoms with E-state index in [0.29, 0.717) is 0 Å². The van der Waals surface area contributed by atoms with Crippen molar-refractivity contribution >= 4 is 20.0 Å². The molecule has 24 heavy (non-hydrogen) atoms. The molecule has 0 aliphatic heterocycles.